The topological polar surface area (TPSA) is 104 Å². The van der Waals surface area contributed by atoms with Crippen LogP contribution < -0.4 is 5.32 Å². The average molecular weight is 356 g/mol. The highest BCUT2D eigenvalue weighted by Crippen LogP contribution is 2.43. The molecule has 2 N–H and O–H groups in total. The highest BCUT2D eigenvalue weighted by Gasteiger charge is 2.58. The molecule has 3 amide bonds. The molecule has 1 aromatic heterocycles. The summed E-state index contributed by atoms with van der Waals surface area (Å²) in [7, 11) is -3.44. The molecule has 3 aliphatic rings. The molecule has 1 aromatic rings. The first-order valence-corrected chi connectivity index (χ1v) is 10.2. The number of nitrogens with one attached hydrogen (secondary N) is 1. The minimum atomic E-state index is -3.44. The lowest BCUT2D eigenvalue weighted by Gasteiger charge is -2.32. The van der Waals surface area contributed by atoms with Crippen LogP contribution in [0.1, 0.15) is 23.3 Å². The van der Waals surface area contributed by atoms with Crippen LogP contribution in [0.4, 0.5) is 4.79 Å². The number of urea groups is 1. The van der Waals surface area contributed by atoms with Crippen molar-refractivity contribution in [1.82, 2.24) is 10.2 Å². The first-order valence-electron chi connectivity index (χ1n) is 7.45. The third kappa shape index (κ3) is 2.06. The Morgan fingerprint density at radius 3 is 2.83 bits per heavy atom. The van der Waals surface area contributed by atoms with Crippen molar-refractivity contribution in [3.05, 3.63) is 21.9 Å². The van der Waals surface area contributed by atoms with Gasteiger partial charge >= 0.3 is 6.03 Å². The summed E-state index contributed by atoms with van der Waals surface area (Å²) in [5.41, 5.74) is -0.290. The number of nitrogens with zero attached hydrogens (tertiary/aromatic N) is 1. The molecular weight excluding hydrogens is 340 g/mol. The fourth-order valence-electron chi connectivity index (χ4n) is 3.87. The van der Waals surface area contributed by atoms with Crippen molar-refractivity contribution in [3.63, 3.8) is 0 Å². The standard InChI is InChI=1S/C14H16N2O5S2/c17-10-7-23(20,21)6-9(10)16-12(18)14(15-13(16)19)4-1-2-11-8(14)3-5-22-11/h3,5,9-10,17H,1-2,4,6-7H2,(H,15,19)/t9-,10+,14+/m1/s1. The minimum absolute atomic E-state index is 0.375. The maximum absolute atomic E-state index is 13.0. The largest absolute Gasteiger partial charge is 0.390 e. The number of carbonyl (C=O) groups excluding carboxylic acids is 2. The molecule has 124 valence electrons. The zero-order chi connectivity index (χ0) is 16.4. The quantitative estimate of drug-likeness (QED) is 0.689. The van der Waals surface area contributed by atoms with Gasteiger partial charge in [0.15, 0.2) is 9.84 Å². The van der Waals surface area contributed by atoms with Crippen LogP contribution in [0.3, 0.4) is 0 Å². The van der Waals surface area contributed by atoms with Crippen LogP contribution >= 0.6 is 11.3 Å². The van der Waals surface area contributed by atoms with Crippen molar-refractivity contribution in [1.29, 1.82) is 0 Å². The van der Waals surface area contributed by atoms with Crippen molar-refractivity contribution in [2.24, 2.45) is 0 Å². The summed E-state index contributed by atoms with van der Waals surface area (Å²) >= 11 is 1.56. The maximum atomic E-state index is 13.0. The number of amides is 3. The second-order valence-electron chi connectivity index (χ2n) is 6.33. The van der Waals surface area contributed by atoms with Crippen molar-refractivity contribution < 1.29 is 23.1 Å². The fraction of sp³-hybridized carbons (Fsp3) is 0.571. The fourth-order valence-corrected chi connectivity index (χ4v) is 6.64. The Labute approximate surface area is 137 Å². The molecule has 0 unspecified atom stereocenters. The first kappa shape index (κ1) is 15.1. The van der Waals surface area contributed by atoms with E-state index < -0.39 is 45.2 Å². The van der Waals surface area contributed by atoms with E-state index in [9.17, 15) is 23.1 Å². The molecule has 4 rings (SSSR count). The Morgan fingerprint density at radius 1 is 1.35 bits per heavy atom. The van der Waals surface area contributed by atoms with Crippen molar-refractivity contribution >= 4 is 33.1 Å². The molecule has 3 atom stereocenters. The predicted octanol–water partition coefficient (Wildman–Crippen LogP) is -0.0106. The lowest BCUT2D eigenvalue weighted by Crippen LogP contribution is -2.49. The number of imide groups is 1. The van der Waals surface area contributed by atoms with Gasteiger partial charge in [0.25, 0.3) is 5.91 Å². The molecule has 7 nitrogen and oxygen atoms in total. The van der Waals surface area contributed by atoms with Crippen molar-refractivity contribution in [2.45, 2.75) is 36.9 Å². The third-order valence-corrected chi connectivity index (χ3v) is 7.59. The van der Waals surface area contributed by atoms with E-state index in [1.807, 2.05) is 11.4 Å². The molecule has 0 bridgehead atoms. The SMILES string of the molecule is O=C1N[C@]2(CCCc3sccc32)C(=O)N1[C@@H]1CS(=O)(=O)C[C@@H]1O. The van der Waals surface area contributed by atoms with Crippen LogP contribution in [0.25, 0.3) is 0 Å². The van der Waals surface area contributed by atoms with Crippen molar-refractivity contribution in [2.75, 3.05) is 11.5 Å². The van der Waals surface area contributed by atoms with Crippen LogP contribution in [-0.2, 0) is 26.6 Å². The van der Waals surface area contributed by atoms with E-state index in [0.29, 0.717) is 6.42 Å². The summed E-state index contributed by atoms with van der Waals surface area (Å²) in [5, 5.41) is 14.7. The third-order valence-electron chi connectivity index (χ3n) is 4.91. The molecule has 2 fully saturated rings. The summed E-state index contributed by atoms with van der Waals surface area (Å²) in [6.07, 6.45) is 0.917. The molecule has 0 radical (unpaired) electrons. The highest BCUT2D eigenvalue weighted by atomic mass is 32.2. The van der Waals surface area contributed by atoms with Crippen molar-refractivity contribution in [3.8, 4) is 0 Å². The van der Waals surface area contributed by atoms with Crippen LogP contribution in [-0.4, -0.2) is 54.0 Å². The van der Waals surface area contributed by atoms with E-state index in [0.717, 1.165) is 28.2 Å². The van der Waals surface area contributed by atoms with Gasteiger partial charge in [0.05, 0.1) is 23.7 Å². The Balaban J connectivity index is 1.74. The number of hydrogen-bond donors (Lipinski definition) is 2. The molecule has 3 heterocycles. The number of hydrogen-bond acceptors (Lipinski definition) is 6. The second kappa shape index (κ2) is 4.78. The first-order chi connectivity index (χ1) is 10.8. The summed E-state index contributed by atoms with van der Waals surface area (Å²) in [6.45, 7) is 0. The van der Waals surface area contributed by atoms with E-state index >= 15 is 0 Å². The lowest BCUT2D eigenvalue weighted by molar-refractivity contribution is -0.134. The lowest BCUT2D eigenvalue weighted by atomic mass is 9.80. The van der Waals surface area contributed by atoms with Crippen LogP contribution in [0.2, 0.25) is 0 Å². The van der Waals surface area contributed by atoms with E-state index in [4.69, 9.17) is 0 Å². The average Bonchev–Trinajstić information content (AvgIpc) is 3.09. The number of rotatable bonds is 1. The van der Waals surface area contributed by atoms with Gasteiger partial charge in [-0.1, -0.05) is 0 Å². The summed E-state index contributed by atoms with van der Waals surface area (Å²) in [4.78, 5) is 27.5. The molecular formula is C14H16N2O5S2. The van der Waals surface area contributed by atoms with Gasteiger partial charge in [-0.2, -0.15) is 0 Å². The number of sulfone groups is 1. The van der Waals surface area contributed by atoms with Gasteiger partial charge in [0.2, 0.25) is 0 Å². The summed E-state index contributed by atoms with van der Waals surface area (Å²) in [5.74, 6) is -1.23. The Morgan fingerprint density at radius 2 is 2.13 bits per heavy atom. The van der Waals surface area contributed by atoms with Gasteiger partial charge in [0.1, 0.15) is 5.54 Å². The van der Waals surface area contributed by atoms with Crippen LogP contribution in [0.5, 0.6) is 0 Å². The molecule has 1 spiro atoms. The zero-order valence-corrected chi connectivity index (χ0v) is 13.8. The van der Waals surface area contributed by atoms with Gasteiger partial charge in [-0.05, 0) is 30.7 Å². The number of aliphatic hydroxyl groups excluding tert-OH is 1. The Bertz CT molecular complexity index is 802. The Kier molecular flexibility index (Phi) is 3.14. The number of thiophene rings is 1. The van der Waals surface area contributed by atoms with Gasteiger partial charge in [-0.25, -0.2) is 13.2 Å². The van der Waals surface area contributed by atoms with Gasteiger partial charge < -0.3 is 10.4 Å². The van der Waals surface area contributed by atoms with Crippen LogP contribution in [0, 0.1) is 0 Å². The van der Waals surface area contributed by atoms with Gasteiger partial charge in [-0.3, -0.25) is 9.69 Å². The summed E-state index contributed by atoms with van der Waals surface area (Å²) in [6, 6.07) is 0.230. The Hall–Kier alpha value is -1.45. The normalized spacial score (nSPS) is 35.6. The second-order valence-corrected chi connectivity index (χ2v) is 9.49. The molecule has 1 aliphatic carbocycles. The smallest absolute Gasteiger partial charge is 0.325 e. The molecule has 2 aliphatic heterocycles. The number of aryl methyl sites for hydroxylation is 1. The molecule has 0 saturated carbocycles. The van der Waals surface area contributed by atoms with E-state index in [2.05, 4.69) is 5.32 Å². The minimum Gasteiger partial charge on any atom is -0.390 e. The molecule has 0 aromatic carbocycles. The van der Waals surface area contributed by atoms with Gasteiger partial charge in [0, 0.05) is 10.4 Å². The van der Waals surface area contributed by atoms with Gasteiger partial charge in [-0.15, -0.1) is 11.3 Å². The maximum Gasteiger partial charge on any atom is 0.325 e. The number of carbonyl (C=O) groups is 2. The summed E-state index contributed by atoms with van der Waals surface area (Å²) < 4.78 is 23.4. The monoisotopic (exact) mass is 356 g/mol. The predicted molar refractivity (Wildman–Crippen MR) is 82.8 cm³/mol. The molecule has 2 saturated heterocycles. The van der Waals surface area contributed by atoms with E-state index in [-0.39, 0.29) is 5.75 Å². The molecule has 23 heavy (non-hydrogen) atoms. The number of fused-ring (bicyclic) bond motifs is 2. The van der Waals surface area contributed by atoms with E-state index in [1.165, 1.54) is 0 Å². The molecule has 9 heteroatoms. The van der Waals surface area contributed by atoms with E-state index in [1.54, 1.807) is 11.3 Å². The van der Waals surface area contributed by atoms with Crippen LogP contribution in [0.15, 0.2) is 11.4 Å². The zero-order valence-electron chi connectivity index (χ0n) is 12.2. The number of aliphatic hydroxyl groups is 1. The highest BCUT2D eigenvalue weighted by molar-refractivity contribution is 7.91.